The van der Waals surface area contributed by atoms with Crippen LogP contribution >= 0.6 is 0 Å². The van der Waals surface area contributed by atoms with E-state index in [4.69, 9.17) is 38.6 Å². The number of hydrogen-bond donors (Lipinski definition) is 13. The third-order valence-corrected chi connectivity index (χ3v) is 13.7. The number of aliphatic hydroxyl groups is 1. The van der Waals surface area contributed by atoms with Gasteiger partial charge in [-0.1, -0.05) is 60.7 Å². The van der Waals surface area contributed by atoms with Crippen molar-refractivity contribution in [2.75, 3.05) is 45.9 Å². The van der Waals surface area contributed by atoms with Crippen LogP contribution in [0.25, 0.3) is 0 Å². The average molecular weight is 1170 g/mol. The maximum Gasteiger partial charge on any atom is 0.490 e. The van der Waals surface area contributed by atoms with Crippen LogP contribution < -0.4 is 55.3 Å². The number of aliphatic hydroxyl groups excluding tert-OH is 1. The molecule has 456 valence electrons. The van der Waals surface area contributed by atoms with Crippen LogP contribution in [-0.2, 0) is 60.8 Å². The van der Waals surface area contributed by atoms with Crippen molar-refractivity contribution in [2.24, 2.45) is 38.7 Å². The number of carbonyl (C=O) groups is 10. The second kappa shape index (κ2) is 32.7. The van der Waals surface area contributed by atoms with Gasteiger partial charge in [0.2, 0.25) is 47.3 Å². The Hall–Kier alpha value is -8.61. The minimum atomic E-state index is -5.08. The van der Waals surface area contributed by atoms with E-state index in [9.17, 15) is 66.5 Å². The molecular weight excluding hydrogens is 1100 g/mol. The zero-order valence-electron chi connectivity index (χ0n) is 45.5. The van der Waals surface area contributed by atoms with Crippen molar-refractivity contribution in [3.8, 4) is 0 Å². The number of rotatable bonds is 27. The first-order chi connectivity index (χ1) is 39.3. The maximum absolute atomic E-state index is 14.1. The van der Waals surface area contributed by atoms with Gasteiger partial charge >= 0.3 is 18.1 Å². The van der Waals surface area contributed by atoms with Gasteiger partial charge in [-0.3, -0.25) is 48.3 Å². The molecule has 3 heterocycles. The van der Waals surface area contributed by atoms with Crippen LogP contribution in [0, 0.1) is 0 Å². The number of nitrogens with one attached hydrogen (secondary N) is 5. The van der Waals surface area contributed by atoms with Gasteiger partial charge in [0, 0.05) is 45.6 Å². The molecule has 2 aromatic rings. The fraction of sp³-hybridized carbons (Fsp3) is 0.538. The SMILES string of the molecule is NC(N)=NCCC[C@H](NC(=O)[C@H](Cc1ccccc1)NC(=O)[C@@H]1CCCN1C(=O)[C@H](CO)NC(=O)[C@H](Cc1ccccc1)NC(=O)CNC(=O)[C@@H]1CCCN1C(=O)[C@@H]1CCCN1C(=O)[C@@H](N)CCCN=C(N)N)C(=O)O.O=C(O)C(F)(F)F. The third-order valence-electron chi connectivity index (χ3n) is 13.7. The summed E-state index contributed by atoms with van der Waals surface area (Å²) in [4.78, 5) is 143. The summed E-state index contributed by atoms with van der Waals surface area (Å²) in [5, 5.41) is 40.4. The molecule has 2 aromatic carbocycles. The second-order valence-corrected chi connectivity index (χ2v) is 19.8. The number of hydrogen-bond acceptors (Lipinski definition) is 14. The van der Waals surface area contributed by atoms with E-state index in [-0.39, 0.29) is 69.6 Å². The summed E-state index contributed by atoms with van der Waals surface area (Å²) in [5.41, 5.74) is 29.0. The van der Waals surface area contributed by atoms with Gasteiger partial charge in [0.15, 0.2) is 11.9 Å². The number of carbonyl (C=O) groups excluding carboxylic acids is 8. The molecule has 0 unspecified atom stereocenters. The van der Waals surface area contributed by atoms with Crippen molar-refractivity contribution in [2.45, 2.75) is 132 Å². The molecule has 0 aromatic heterocycles. The lowest BCUT2D eigenvalue weighted by Gasteiger charge is -2.32. The summed E-state index contributed by atoms with van der Waals surface area (Å²) in [6.07, 6.45) is -1.96. The Morgan fingerprint density at radius 3 is 1.52 bits per heavy atom. The normalized spacial score (nSPS) is 18.3. The number of nitrogens with two attached hydrogens (primary N) is 5. The summed E-state index contributed by atoms with van der Waals surface area (Å²) >= 11 is 0. The fourth-order valence-electron chi connectivity index (χ4n) is 9.55. The molecular formula is C52H74F3N15O13. The van der Waals surface area contributed by atoms with Gasteiger partial charge in [-0.2, -0.15) is 13.2 Å². The summed E-state index contributed by atoms with van der Waals surface area (Å²) < 4.78 is 31.7. The van der Waals surface area contributed by atoms with Gasteiger partial charge < -0.3 is 85.3 Å². The van der Waals surface area contributed by atoms with Crippen molar-refractivity contribution in [3.63, 3.8) is 0 Å². The molecule has 0 radical (unpaired) electrons. The number of aliphatic imine (C=N–C) groups is 2. The molecule has 3 aliphatic rings. The van der Waals surface area contributed by atoms with E-state index in [1.54, 1.807) is 60.7 Å². The van der Waals surface area contributed by atoms with Crippen LogP contribution in [0.4, 0.5) is 13.2 Å². The summed E-state index contributed by atoms with van der Waals surface area (Å²) in [6.45, 7) is -0.442. The number of likely N-dealkylation sites (tertiary alicyclic amines) is 3. The van der Waals surface area contributed by atoms with Gasteiger partial charge in [-0.05, 0) is 75.3 Å². The lowest BCUT2D eigenvalue weighted by molar-refractivity contribution is -0.192. The number of amides is 8. The molecule has 3 saturated heterocycles. The summed E-state index contributed by atoms with van der Waals surface area (Å²) in [5.74, 6) is -9.69. The molecule has 83 heavy (non-hydrogen) atoms. The van der Waals surface area contributed by atoms with E-state index in [0.29, 0.717) is 69.2 Å². The Bertz CT molecular complexity index is 2630. The van der Waals surface area contributed by atoms with Gasteiger partial charge in [0.25, 0.3) is 0 Å². The van der Waals surface area contributed by atoms with Crippen molar-refractivity contribution in [1.29, 1.82) is 0 Å². The Kier molecular flexibility index (Phi) is 26.4. The molecule has 3 fully saturated rings. The maximum atomic E-state index is 14.1. The predicted octanol–water partition coefficient (Wildman–Crippen LogP) is -3.36. The second-order valence-electron chi connectivity index (χ2n) is 19.8. The average Bonchev–Trinajstić information content (AvgIpc) is 3.82. The van der Waals surface area contributed by atoms with Gasteiger partial charge in [0.1, 0.15) is 42.3 Å². The van der Waals surface area contributed by atoms with E-state index < -0.39 is 121 Å². The van der Waals surface area contributed by atoms with E-state index in [1.165, 1.54) is 14.7 Å². The predicted molar refractivity (Wildman–Crippen MR) is 291 cm³/mol. The Morgan fingerprint density at radius 2 is 1.04 bits per heavy atom. The smallest absolute Gasteiger partial charge is 0.480 e. The minimum Gasteiger partial charge on any atom is -0.480 e. The van der Waals surface area contributed by atoms with Gasteiger partial charge in [-0.25, -0.2) is 9.59 Å². The highest BCUT2D eigenvalue weighted by Gasteiger charge is 2.44. The molecule has 0 bridgehead atoms. The first-order valence-corrected chi connectivity index (χ1v) is 26.8. The van der Waals surface area contributed by atoms with Crippen LogP contribution in [0.1, 0.15) is 75.3 Å². The number of aliphatic carboxylic acids is 2. The molecule has 31 heteroatoms. The van der Waals surface area contributed by atoms with Crippen LogP contribution in [0.3, 0.4) is 0 Å². The number of halogens is 3. The monoisotopic (exact) mass is 1170 g/mol. The number of benzene rings is 2. The summed E-state index contributed by atoms with van der Waals surface area (Å²) in [7, 11) is 0. The molecule has 3 aliphatic heterocycles. The molecule has 0 spiro atoms. The number of alkyl halides is 3. The molecule has 5 rings (SSSR count). The van der Waals surface area contributed by atoms with Crippen molar-refractivity contribution >= 4 is 71.1 Å². The fourth-order valence-corrected chi connectivity index (χ4v) is 9.55. The number of carboxylic acids is 2. The van der Waals surface area contributed by atoms with Crippen molar-refractivity contribution in [3.05, 3.63) is 71.8 Å². The van der Waals surface area contributed by atoms with Crippen LogP contribution in [0.15, 0.2) is 70.6 Å². The van der Waals surface area contributed by atoms with Gasteiger partial charge in [-0.15, -0.1) is 0 Å². The van der Waals surface area contributed by atoms with Crippen LogP contribution in [0.2, 0.25) is 0 Å². The molecule has 28 nitrogen and oxygen atoms in total. The standard InChI is InChI=1S/C50H73N15O11.C2HF3O2/c51-32(16-7-21-56-49(52)53)45(72)65-25-11-20-39(65)47(74)64-24-9-18-37(64)43(70)58-28-40(67)59-34(26-30-12-3-1-4-13-30)41(68)62-36(29-66)46(73)63-23-10-19-38(63)44(71)61-35(27-31-14-5-2-6-15-31)42(69)60-33(48(75)76)17-8-22-57-50(54)55;3-2(4,5)1(6)7/h1-6,12-15,32-39,66H,7-11,16-29,51H2,(H,58,70)(H,59,67)(H,60,69)(H,61,71)(H,62,68)(H,75,76)(H4,52,53,56)(H4,54,55,57);(H,6,7)/t32-,33-,34-,35-,36-,37-,38-,39-;/m0./s1. The highest BCUT2D eigenvalue weighted by atomic mass is 19.4. The quantitative estimate of drug-likeness (QED) is 0.0236. The van der Waals surface area contributed by atoms with Crippen molar-refractivity contribution < 1.29 is 76.4 Å². The minimum absolute atomic E-state index is 0.0209. The third kappa shape index (κ3) is 21.3. The van der Waals surface area contributed by atoms with E-state index in [1.807, 2.05) is 0 Å². The van der Waals surface area contributed by atoms with Crippen LogP contribution in [-0.4, -0.2) is 202 Å². The van der Waals surface area contributed by atoms with Crippen LogP contribution in [0.5, 0.6) is 0 Å². The topological polar surface area (TPSA) is 456 Å². The molecule has 18 N–H and O–H groups in total. The van der Waals surface area contributed by atoms with Gasteiger partial charge in [0.05, 0.1) is 19.2 Å². The lowest BCUT2D eigenvalue weighted by Crippen LogP contribution is -2.60. The highest BCUT2D eigenvalue weighted by Crippen LogP contribution is 2.26. The first-order valence-electron chi connectivity index (χ1n) is 26.8. The number of nitrogens with zero attached hydrogens (tertiary/aromatic N) is 5. The van der Waals surface area contributed by atoms with E-state index >= 15 is 0 Å². The Balaban J connectivity index is 0.00000198. The van der Waals surface area contributed by atoms with E-state index in [2.05, 4.69) is 36.6 Å². The number of carboxylic acid groups (broad SMARTS) is 2. The lowest BCUT2D eigenvalue weighted by atomic mass is 10.0. The Morgan fingerprint density at radius 1 is 0.590 bits per heavy atom. The largest absolute Gasteiger partial charge is 0.490 e. The summed E-state index contributed by atoms with van der Waals surface area (Å²) in [6, 6.07) is 8.00. The molecule has 0 aliphatic carbocycles. The number of guanidine groups is 2. The first kappa shape index (κ1) is 66.9. The molecule has 8 amide bonds. The highest BCUT2D eigenvalue weighted by molar-refractivity contribution is 5.98. The van der Waals surface area contributed by atoms with Crippen molar-refractivity contribution in [1.82, 2.24) is 41.3 Å². The zero-order valence-corrected chi connectivity index (χ0v) is 45.5. The zero-order chi connectivity index (χ0) is 61.4. The molecule has 0 saturated carbocycles. The Labute approximate surface area is 475 Å². The van der Waals surface area contributed by atoms with E-state index in [0.717, 1.165) is 0 Å². The molecule has 8 atom stereocenters.